The molecule has 3 heterocycles. The lowest BCUT2D eigenvalue weighted by Crippen LogP contribution is -2.35. The maximum Gasteiger partial charge on any atom is 0.234 e. The van der Waals surface area contributed by atoms with E-state index in [1.165, 1.54) is 11.8 Å². The van der Waals surface area contributed by atoms with E-state index >= 15 is 0 Å². The van der Waals surface area contributed by atoms with Crippen molar-refractivity contribution in [2.45, 2.75) is 37.3 Å². The zero-order valence-corrected chi connectivity index (χ0v) is 15.5. The number of pyridine rings is 1. The van der Waals surface area contributed by atoms with Crippen LogP contribution in [-0.2, 0) is 17.9 Å². The number of thioether (sulfide) groups is 1. The predicted octanol–water partition coefficient (Wildman–Crippen LogP) is 2.75. The van der Waals surface area contributed by atoms with E-state index in [0.29, 0.717) is 18.2 Å². The molecule has 136 valence electrons. The van der Waals surface area contributed by atoms with Gasteiger partial charge in [0.2, 0.25) is 5.91 Å². The Morgan fingerprint density at radius 2 is 2.23 bits per heavy atom. The Kier molecular flexibility index (Phi) is 6.06. The first kappa shape index (κ1) is 18.2. The maximum absolute atomic E-state index is 12.7. The number of rotatable bonds is 8. The van der Waals surface area contributed by atoms with Crippen molar-refractivity contribution in [2.75, 3.05) is 0 Å². The van der Waals surface area contributed by atoms with Crippen molar-refractivity contribution in [3.05, 3.63) is 60.6 Å². The molecule has 0 fully saturated rings. The van der Waals surface area contributed by atoms with E-state index in [0.717, 1.165) is 11.3 Å². The van der Waals surface area contributed by atoms with E-state index in [9.17, 15) is 4.79 Å². The van der Waals surface area contributed by atoms with Gasteiger partial charge < -0.3 is 14.3 Å². The Balaban J connectivity index is 1.65. The third-order valence-electron chi connectivity index (χ3n) is 3.77. The van der Waals surface area contributed by atoms with Gasteiger partial charge in [-0.25, -0.2) is 0 Å². The van der Waals surface area contributed by atoms with Crippen LogP contribution in [-0.4, -0.2) is 30.9 Å². The number of nitrogens with one attached hydrogen (secondary N) is 1. The molecule has 0 aromatic carbocycles. The third kappa shape index (κ3) is 4.72. The summed E-state index contributed by atoms with van der Waals surface area (Å²) in [5, 5.41) is 11.5. The van der Waals surface area contributed by atoms with Gasteiger partial charge in [-0.2, -0.15) is 0 Å². The molecule has 0 saturated carbocycles. The highest BCUT2D eigenvalue weighted by atomic mass is 32.2. The first-order valence-electron chi connectivity index (χ1n) is 8.37. The fraction of sp³-hybridized carbons (Fsp3) is 0.333. The number of furan rings is 1. The number of carbonyl (C=O) groups excluding carboxylic acids is 1. The zero-order valence-electron chi connectivity index (χ0n) is 14.7. The summed E-state index contributed by atoms with van der Waals surface area (Å²) in [6, 6.07) is 7.53. The standard InChI is InChI=1S/C18H21N5O2S/c1-13(2)16(17(24)20-10-14-5-3-7-19-9-14)26-18-22-21-12-23(18)11-15-6-4-8-25-15/h3-9,12-13,16H,10-11H2,1-2H3,(H,20,24)/t16-/m1/s1. The minimum atomic E-state index is -0.272. The molecule has 0 radical (unpaired) electrons. The van der Waals surface area contributed by atoms with Crippen LogP contribution in [0.15, 0.2) is 58.8 Å². The van der Waals surface area contributed by atoms with Crippen molar-refractivity contribution >= 4 is 17.7 Å². The van der Waals surface area contributed by atoms with E-state index in [-0.39, 0.29) is 17.1 Å². The minimum absolute atomic E-state index is 0.0265. The normalized spacial score (nSPS) is 12.3. The summed E-state index contributed by atoms with van der Waals surface area (Å²) in [6.45, 7) is 5.03. The van der Waals surface area contributed by atoms with Crippen LogP contribution in [0, 0.1) is 5.92 Å². The van der Waals surface area contributed by atoms with Crippen molar-refractivity contribution in [3.8, 4) is 0 Å². The van der Waals surface area contributed by atoms with Gasteiger partial charge in [-0.05, 0) is 29.7 Å². The van der Waals surface area contributed by atoms with Gasteiger partial charge >= 0.3 is 0 Å². The van der Waals surface area contributed by atoms with Gasteiger partial charge in [0.25, 0.3) is 0 Å². The fourth-order valence-electron chi connectivity index (χ4n) is 2.41. The monoisotopic (exact) mass is 371 g/mol. The molecule has 0 unspecified atom stereocenters. The molecular formula is C18H21N5O2S. The van der Waals surface area contributed by atoms with Gasteiger partial charge in [0, 0.05) is 18.9 Å². The van der Waals surface area contributed by atoms with Crippen molar-refractivity contribution < 1.29 is 9.21 Å². The van der Waals surface area contributed by atoms with Crippen LogP contribution in [0.25, 0.3) is 0 Å². The molecule has 0 spiro atoms. The van der Waals surface area contributed by atoms with Crippen LogP contribution < -0.4 is 5.32 Å². The number of amides is 1. The molecule has 0 saturated heterocycles. The molecule has 1 atom stereocenters. The Morgan fingerprint density at radius 3 is 2.92 bits per heavy atom. The summed E-state index contributed by atoms with van der Waals surface area (Å²) >= 11 is 1.42. The number of aromatic nitrogens is 4. The Morgan fingerprint density at radius 1 is 1.35 bits per heavy atom. The molecular weight excluding hydrogens is 350 g/mol. The van der Waals surface area contributed by atoms with Crippen LogP contribution in [0.5, 0.6) is 0 Å². The summed E-state index contributed by atoms with van der Waals surface area (Å²) in [5.74, 6) is 0.929. The lowest BCUT2D eigenvalue weighted by atomic mass is 10.1. The predicted molar refractivity (Wildman–Crippen MR) is 98.4 cm³/mol. The summed E-state index contributed by atoms with van der Waals surface area (Å²) < 4.78 is 7.26. The molecule has 0 aliphatic heterocycles. The number of hydrogen-bond acceptors (Lipinski definition) is 6. The topological polar surface area (TPSA) is 85.8 Å². The average Bonchev–Trinajstić information content (AvgIpc) is 3.31. The van der Waals surface area contributed by atoms with Crippen molar-refractivity contribution in [1.82, 2.24) is 25.1 Å². The second-order valence-electron chi connectivity index (χ2n) is 6.18. The number of nitrogens with zero attached hydrogens (tertiary/aromatic N) is 4. The molecule has 3 aromatic heterocycles. The van der Waals surface area contributed by atoms with E-state index in [1.807, 2.05) is 42.7 Å². The second kappa shape index (κ2) is 8.66. The van der Waals surface area contributed by atoms with E-state index in [2.05, 4.69) is 20.5 Å². The molecule has 0 aliphatic rings. The highest BCUT2D eigenvalue weighted by molar-refractivity contribution is 8.00. The van der Waals surface area contributed by atoms with Crippen molar-refractivity contribution in [2.24, 2.45) is 5.92 Å². The quantitative estimate of drug-likeness (QED) is 0.613. The fourth-order valence-corrected chi connectivity index (χ4v) is 3.44. The van der Waals surface area contributed by atoms with E-state index in [4.69, 9.17) is 4.42 Å². The van der Waals surface area contributed by atoms with Gasteiger partial charge in [-0.1, -0.05) is 31.7 Å². The van der Waals surface area contributed by atoms with Crippen LogP contribution in [0.1, 0.15) is 25.2 Å². The molecule has 7 nitrogen and oxygen atoms in total. The average molecular weight is 371 g/mol. The van der Waals surface area contributed by atoms with Gasteiger partial charge in [-0.15, -0.1) is 10.2 Å². The Hall–Kier alpha value is -2.61. The largest absolute Gasteiger partial charge is 0.467 e. The van der Waals surface area contributed by atoms with Gasteiger partial charge in [-0.3, -0.25) is 9.78 Å². The van der Waals surface area contributed by atoms with Crippen LogP contribution >= 0.6 is 11.8 Å². The molecule has 1 N–H and O–H groups in total. The van der Waals surface area contributed by atoms with E-state index in [1.54, 1.807) is 25.0 Å². The Labute approximate surface area is 156 Å². The van der Waals surface area contributed by atoms with Gasteiger partial charge in [0.05, 0.1) is 18.1 Å². The first-order chi connectivity index (χ1) is 12.6. The van der Waals surface area contributed by atoms with Crippen LogP contribution in [0.3, 0.4) is 0 Å². The highest BCUT2D eigenvalue weighted by Crippen LogP contribution is 2.27. The van der Waals surface area contributed by atoms with Crippen molar-refractivity contribution in [1.29, 1.82) is 0 Å². The summed E-state index contributed by atoms with van der Waals surface area (Å²) in [7, 11) is 0. The number of carbonyl (C=O) groups is 1. The van der Waals surface area contributed by atoms with E-state index < -0.39 is 0 Å². The molecule has 3 aromatic rings. The SMILES string of the molecule is CC(C)[C@@H](Sc1nncn1Cc1ccco1)C(=O)NCc1cccnc1. The summed E-state index contributed by atoms with van der Waals surface area (Å²) in [5.41, 5.74) is 0.967. The van der Waals surface area contributed by atoms with Crippen LogP contribution in [0.4, 0.5) is 0 Å². The zero-order chi connectivity index (χ0) is 18.4. The third-order valence-corrected chi connectivity index (χ3v) is 5.31. The Bertz CT molecular complexity index is 817. The van der Waals surface area contributed by atoms with Crippen molar-refractivity contribution in [3.63, 3.8) is 0 Å². The molecule has 26 heavy (non-hydrogen) atoms. The minimum Gasteiger partial charge on any atom is -0.467 e. The molecule has 1 amide bonds. The first-order valence-corrected chi connectivity index (χ1v) is 9.25. The van der Waals surface area contributed by atoms with Crippen LogP contribution in [0.2, 0.25) is 0 Å². The maximum atomic E-state index is 12.7. The molecule has 0 bridgehead atoms. The smallest absolute Gasteiger partial charge is 0.234 e. The summed E-state index contributed by atoms with van der Waals surface area (Å²) in [6.07, 6.45) is 6.74. The molecule has 3 rings (SSSR count). The summed E-state index contributed by atoms with van der Waals surface area (Å²) in [4.78, 5) is 16.7. The second-order valence-corrected chi connectivity index (χ2v) is 7.29. The van der Waals surface area contributed by atoms with Gasteiger partial charge in [0.1, 0.15) is 12.1 Å². The lowest BCUT2D eigenvalue weighted by molar-refractivity contribution is -0.121. The number of hydrogen-bond donors (Lipinski definition) is 1. The molecule has 8 heteroatoms. The highest BCUT2D eigenvalue weighted by Gasteiger charge is 2.25. The molecule has 0 aliphatic carbocycles. The van der Waals surface area contributed by atoms with Gasteiger partial charge in [0.15, 0.2) is 5.16 Å². The lowest BCUT2D eigenvalue weighted by Gasteiger charge is -2.19.